The van der Waals surface area contributed by atoms with E-state index >= 15 is 0 Å². The Labute approximate surface area is 129 Å². The Morgan fingerprint density at radius 2 is 1.68 bits per heavy atom. The van der Waals surface area contributed by atoms with E-state index in [1.54, 1.807) is 6.07 Å². The molecule has 7 heteroatoms. The van der Waals surface area contributed by atoms with Crippen LogP contribution in [0.1, 0.15) is 12.5 Å². The van der Waals surface area contributed by atoms with Crippen molar-refractivity contribution in [1.82, 2.24) is 0 Å². The molecule has 0 spiro atoms. The molecule has 2 rings (SSSR count). The van der Waals surface area contributed by atoms with Crippen LogP contribution in [-0.2, 0) is 14.8 Å². The van der Waals surface area contributed by atoms with Gasteiger partial charge in [0.25, 0.3) is 5.97 Å². The van der Waals surface area contributed by atoms with Crippen molar-refractivity contribution in [3.63, 3.8) is 0 Å². The first-order valence-electron chi connectivity index (χ1n) is 6.35. The number of nitrogens with two attached hydrogens (primary N) is 1. The van der Waals surface area contributed by atoms with Crippen molar-refractivity contribution in [3.05, 3.63) is 54.1 Å². The summed E-state index contributed by atoms with van der Waals surface area (Å²) in [6.07, 6.45) is 0. The molecule has 0 atom stereocenters. The Kier molecular flexibility index (Phi) is 6.09. The lowest BCUT2D eigenvalue weighted by atomic mass is 10.2. The van der Waals surface area contributed by atoms with E-state index in [-0.39, 0.29) is 4.90 Å². The molecule has 2 aromatic carbocycles. The number of aryl methyl sites for hydroxylation is 1. The van der Waals surface area contributed by atoms with Gasteiger partial charge in [0, 0.05) is 18.3 Å². The molecule has 22 heavy (non-hydrogen) atoms. The maximum Gasteiger partial charge on any atom is 0.300 e. The van der Waals surface area contributed by atoms with Crippen LogP contribution in [0, 0.1) is 6.92 Å². The minimum atomic E-state index is -3.67. The number of primary sulfonamides is 1. The summed E-state index contributed by atoms with van der Waals surface area (Å²) in [5.74, 6) is -0.833. The average molecular weight is 322 g/mol. The molecule has 0 aliphatic heterocycles. The van der Waals surface area contributed by atoms with Gasteiger partial charge in [-0.1, -0.05) is 24.3 Å². The van der Waals surface area contributed by atoms with Crippen molar-refractivity contribution in [1.29, 1.82) is 0 Å². The maximum atomic E-state index is 11.3. The first-order chi connectivity index (χ1) is 10.2. The predicted molar refractivity (Wildman–Crippen MR) is 85.6 cm³/mol. The number of hydrogen-bond donors (Lipinski definition) is 3. The van der Waals surface area contributed by atoms with Crippen LogP contribution in [0.15, 0.2) is 53.4 Å². The molecule has 2 aromatic rings. The average Bonchev–Trinajstić information content (AvgIpc) is 2.40. The number of carbonyl (C=O) groups is 1. The number of aliphatic carboxylic acids is 1. The summed E-state index contributed by atoms with van der Waals surface area (Å²) in [6.45, 7) is 2.98. The highest BCUT2D eigenvalue weighted by molar-refractivity contribution is 7.89. The van der Waals surface area contributed by atoms with E-state index in [0.717, 1.165) is 23.9 Å². The van der Waals surface area contributed by atoms with E-state index < -0.39 is 16.0 Å². The van der Waals surface area contributed by atoms with Crippen LogP contribution >= 0.6 is 0 Å². The van der Waals surface area contributed by atoms with Crippen LogP contribution in [0.4, 0.5) is 11.4 Å². The number of hydrogen-bond acceptors (Lipinski definition) is 4. The van der Waals surface area contributed by atoms with Gasteiger partial charge in [-0.05, 0) is 36.8 Å². The molecule has 0 aliphatic carbocycles. The number of benzene rings is 2. The molecule has 118 valence electrons. The fourth-order valence-corrected chi connectivity index (χ4v) is 2.13. The molecule has 0 saturated heterocycles. The zero-order chi connectivity index (χ0) is 16.8. The highest BCUT2D eigenvalue weighted by Gasteiger charge is 2.09. The van der Waals surface area contributed by atoms with Crippen molar-refractivity contribution in [2.45, 2.75) is 18.7 Å². The minimum Gasteiger partial charge on any atom is -0.481 e. The minimum absolute atomic E-state index is 0.103. The lowest BCUT2D eigenvalue weighted by molar-refractivity contribution is -0.134. The summed E-state index contributed by atoms with van der Waals surface area (Å²) in [5.41, 5.74) is 2.58. The second kappa shape index (κ2) is 7.58. The highest BCUT2D eigenvalue weighted by Crippen LogP contribution is 2.23. The van der Waals surface area contributed by atoms with Gasteiger partial charge in [0.2, 0.25) is 10.0 Å². The fraction of sp³-hybridized carbons (Fsp3) is 0.133. The topological polar surface area (TPSA) is 109 Å². The number of carboxylic acid groups (broad SMARTS) is 1. The first kappa shape index (κ1) is 17.7. The molecular weight excluding hydrogens is 304 g/mol. The van der Waals surface area contributed by atoms with Gasteiger partial charge in [0.15, 0.2) is 0 Å². The van der Waals surface area contributed by atoms with Crippen molar-refractivity contribution in [2.24, 2.45) is 5.14 Å². The standard InChI is InChI=1S/C13H14N2O2S.C2H4O2/c1-10-7-8-12(18(14,16)17)9-13(10)15-11-5-3-2-4-6-11;1-2(3)4/h2-9,15H,1H3,(H2,14,16,17);1H3,(H,3,4). The third-order valence-electron chi connectivity index (χ3n) is 2.59. The van der Waals surface area contributed by atoms with Crippen LogP contribution in [0.3, 0.4) is 0 Å². The summed E-state index contributed by atoms with van der Waals surface area (Å²) < 4.78 is 22.6. The lowest BCUT2D eigenvalue weighted by Gasteiger charge is -2.10. The van der Waals surface area contributed by atoms with E-state index in [1.807, 2.05) is 37.3 Å². The molecule has 0 radical (unpaired) electrons. The molecular formula is C15H18N2O4S. The summed E-state index contributed by atoms with van der Waals surface area (Å²) in [7, 11) is -3.67. The number of anilines is 2. The molecule has 6 nitrogen and oxygen atoms in total. The van der Waals surface area contributed by atoms with Crippen molar-refractivity contribution >= 4 is 27.4 Å². The van der Waals surface area contributed by atoms with Gasteiger partial charge >= 0.3 is 0 Å². The lowest BCUT2D eigenvalue weighted by Crippen LogP contribution is -2.12. The second-order valence-corrected chi connectivity index (χ2v) is 6.09. The van der Waals surface area contributed by atoms with Crippen molar-refractivity contribution in [2.75, 3.05) is 5.32 Å². The molecule has 0 aliphatic rings. The summed E-state index contributed by atoms with van der Waals surface area (Å²) in [6, 6.07) is 14.3. The molecule has 0 saturated carbocycles. The normalized spacial score (nSPS) is 10.3. The van der Waals surface area contributed by atoms with Crippen LogP contribution in [0.5, 0.6) is 0 Å². The van der Waals surface area contributed by atoms with E-state index in [2.05, 4.69) is 5.32 Å². The van der Waals surface area contributed by atoms with Crippen LogP contribution in [0.2, 0.25) is 0 Å². The van der Waals surface area contributed by atoms with E-state index in [4.69, 9.17) is 15.0 Å². The predicted octanol–water partition coefficient (Wildman–Crippen LogP) is 2.48. The molecule has 0 bridgehead atoms. The fourth-order valence-electron chi connectivity index (χ4n) is 1.59. The number of para-hydroxylation sites is 1. The van der Waals surface area contributed by atoms with Gasteiger partial charge in [0.1, 0.15) is 0 Å². The molecule has 0 aromatic heterocycles. The molecule has 0 heterocycles. The largest absolute Gasteiger partial charge is 0.481 e. The van der Waals surface area contributed by atoms with Gasteiger partial charge in [-0.25, -0.2) is 13.6 Å². The zero-order valence-corrected chi connectivity index (χ0v) is 13.1. The van der Waals surface area contributed by atoms with Crippen LogP contribution in [0.25, 0.3) is 0 Å². The number of sulfonamides is 1. The summed E-state index contributed by atoms with van der Waals surface area (Å²) >= 11 is 0. The SMILES string of the molecule is CC(=O)O.Cc1ccc(S(N)(=O)=O)cc1Nc1ccccc1. The van der Waals surface area contributed by atoms with E-state index in [1.165, 1.54) is 12.1 Å². The molecule has 0 amide bonds. The molecule has 0 fully saturated rings. The number of rotatable bonds is 3. The first-order valence-corrected chi connectivity index (χ1v) is 7.90. The Balaban J connectivity index is 0.000000541. The number of nitrogens with one attached hydrogen (secondary N) is 1. The van der Waals surface area contributed by atoms with Gasteiger partial charge in [-0.15, -0.1) is 0 Å². The van der Waals surface area contributed by atoms with Crippen molar-refractivity contribution in [3.8, 4) is 0 Å². The summed E-state index contributed by atoms with van der Waals surface area (Å²) in [5, 5.41) is 15.7. The third kappa shape index (κ3) is 5.94. The quantitative estimate of drug-likeness (QED) is 0.804. The van der Waals surface area contributed by atoms with Crippen LogP contribution in [-0.4, -0.2) is 19.5 Å². The highest BCUT2D eigenvalue weighted by atomic mass is 32.2. The maximum absolute atomic E-state index is 11.3. The van der Waals surface area contributed by atoms with Gasteiger partial charge in [0.05, 0.1) is 4.90 Å². The van der Waals surface area contributed by atoms with Gasteiger partial charge < -0.3 is 10.4 Å². The monoisotopic (exact) mass is 322 g/mol. The van der Waals surface area contributed by atoms with E-state index in [9.17, 15) is 8.42 Å². The Bertz CT molecular complexity index is 739. The van der Waals surface area contributed by atoms with Gasteiger partial charge in [-0.3, -0.25) is 4.79 Å². The van der Waals surface area contributed by atoms with Gasteiger partial charge in [-0.2, -0.15) is 0 Å². The third-order valence-corrected chi connectivity index (χ3v) is 3.50. The van der Waals surface area contributed by atoms with Crippen LogP contribution < -0.4 is 10.5 Å². The molecule has 0 unspecified atom stereocenters. The van der Waals surface area contributed by atoms with Crippen molar-refractivity contribution < 1.29 is 18.3 Å². The summed E-state index contributed by atoms with van der Waals surface area (Å²) in [4.78, 5) is 9.10. The Morgan fingerprint density at radius 3 is 2.18 bits per heavy atom. The number of carboxylic acids is 1. The van der Waals surface area contributed by atoms with E-state index in [0.29, 0.717) is 0 Å². The Hall–Kier alpha value is -2.38. The smallest absolute Gasteiger partial charge is 0.300 e. The second-order valence-electron chi connectivity index (χ2n) is 4.53. The Morgan fingerprint density at radius 1 is 1.14 bits per heavy atom. The zero-order valence-electron chi connectivity index (χ0n) is 12.3. The molecule has 4 N–H and O–H groups in total.